The Hall–Kier alpha value is -2.65. The van der Waals surface area contributed by atoms with Gasteiger partial charge < -0.3 is 15.0 Å². The third-order valence-electron chi connectivity index (χ3n) is 3.73. The largest absolute Gasteiger partial charge is 0.497 e. The predicted molar refractivity (Wildman–Crippen MR) is 107 cm³/mol. The van der Waals surface area contributed by atoms with Gasteiger partial charge in [-0.05, 0) is 24.6 Å². The summed E-state index contributed by atoms with van der Waals surface area (Å²) >= 11 is 2.74. The topological polar surface area (TPSA) is 97.0 Å². The Kier molecular flexibility index (Phi) is 6.25. The summed E-state index contributed by atoms with van der Waals surface area (Å²) in [6.07, 6.45) is 1.56. The number of thiazole rings is 1. The number of carbonyl (C=O) groups is 1. The van der Waals surface area contributed by atoms with Crippen LogP contribution in [-0.4, -0.2) is 28.0 Å². The lowest BCUT2D eigenvalue weighted by molar-refractivity contribution is -0.115. The van der Waals surface area contributed by atoms with Crippen molar-refractivity contribution in [2.45, 2.75) is 24.3 Å². The van der Waals surface area contributed by atoms with Crippen molar-refractivity contribution in [3.8, 4) is 5.75 Å². The quantitative estimate of drug-likeness (QED) is 0.466. The fourth-order valence-corrected chi connectivity index (χ4v) is 3.78. The molecule has 0 bridgehead atoms. The van der Waals surface area contributed by atoms with Gasteiger partial charge in [0.05, 0.1) is 13.5 Å². The number of ether oxygens (including phenoxy) is 1. The minimum absolute atomic E-state index is 0.0470. The standard InChI is InChI=1S/C18H18N4O3S2/c1-11-14(9-15(23)21-17-19-6-7-26-17)16(24)22-18(20-11)27-10-12-4-3-5-13(8-12)25-2/h3-8H,9-10H2,1-2H3,(H,19,21,23)(H,20,22,24). The SMILES string of the molecule is COc1cccc(CSc2nc(C)c(CC(=O)Nc3nccs3)c(=O)[nH]2)c1. The van der Waals surface area contributed by atoms with Gasteiger partial charge in [0, 0.05) is 28.6 Å². The van der Waals surface area contributed by atoms with Gasteiger partial charge in [-0.2, -0.15) is 0 Å². The fraction of sp³-hybridized carbons (Fsp3) is 0.222. The molecule has 0 aliphatic rings. The highest BCUT2D eigenvalue weighted by atomic mass is 32.2. The molecule has 0 atom stereocenters. The Morgan fingerprint density at radius 3 is 2.96 bits per heavy atom. The number of hydrogen-bond acceptors (Lipinski definition) is 7. The highest BCUT2D eigenvalue weighted by Crippen LogP contribution is 2.22. The number of hydrogen-bond donors (Lipinski definition) is 2. The summed E-state index contributed by atoms with van der Waals surface area (Å²) in [7, 11) is 1.62. The van der Waals surface area contributed by atoms with Crippen LogP contribution >= 0.6 is 23.1 Å². The first-order valence-electron chi connectivity index (χ1n) is 8.10. The smallest absolute Gasteiger partial charge is 0.255 e. The molecule has 27 heavy (non-hydrogen) atoms. The molecule has 1 aromatic carbocycles. The molecule has 0 aliphatic carbocycles. The number of H-pyrrole nitrogens is 1. The Morgan fingerprint density at radius 1 is 1.41 bits per heavy atom. The maximum Gasteiger partial charge on any atom is 0.255 e. The molecule has 3 rings (SSSR count). The number of nitrogens with zero attached hydrogens (tertiary/aromatic N) is 2. The first-order chi connectivity index (χ1) is 13.0. The van der Waals surface area contributed by atoms with Gasteiger partial charge in [-0.25, -0.2) is 9.97 Å². The minimum atomic E-state index is -0.301. The number of aryl methyl sites for hydroxylation is 1. The van der Waals surface area contributed by atoms with Crippen LogP contribution in [0.1, 0.15) is 16.8 Å². The van der Waals surface area contributed by atoms with E-state index in [0.717, 1.165) is 11.3 Å². The van der Waals surface area contributed by atoms with Crippen molar-refractivity contribution in [2.75, 3.05) is 12.4 Å². The van der Waals surface area contributed by atoms with Crippen LogP contribution in [-0.2, 0) is 17.0 Å². The number of amides is 1. The van der Waals surface area contributed by atoms with Gasteiger partial charge in [0.15, 0.2) is 10.3 Å². The summed E-state index contributed by atoms with van der Waals surface area (Å²) in [5, 5.41) is 5.46. The number of benzene rings is 1. The number of thioether (sulfide) groups is 1. The number of aromatic nitrogens is 3. The van der Waals surface area contributed by atoms with E-state index in [4.69, 9.17) is 4.74 Å². The van der Waals surface area contributed by atoms with Crippen molar-refractivity contribution in [3.05, 3.63) is 63.0 Å². The summed E-state index contributed by atoms with van der Waals surface area (Å²) in [4.78, 5) is 35.7. The fourth-order valence-electron chi connectivity index (χ4n) is 2.38. The van der Waals surface area contributed by atoms with Crippen LogP contribution in [0.5, 0.6) is 5.75 Å². The van der Waals surface area contributed by atoms with Crippen LogP contribution in [0.2, 0.25) is 0 Å². The van der Waals surface area contributed by atoms with Gasteiger partial charge in [-0.3, -0.25) is 9.59 Å². The number of methoxy groups -OCH3 is 1. The maximum atomic E-state index is 12.4. The molecular formula is C18H18N4O3S2. The van der Waals surface area contributed by atoms with Crippen LogP contribution in [0.3, 0.4) is 0 Å². The van der Waals surface area contributed by atoms with E-state index in [0.29, 0.717) is 27.3 Å². The van der Waals surface area contributed by atoms with E-state index in [1.54, 1.807) is 25.6 Å². The maximum absolute atomic E-state index is 12.4. The van der Waals surface area contributed by atoms with Crippen molar-refractivity contribution in [1.82, 2.24) is 15.0 Å². The molecule has 0 saturated heterocycles. The van der Waals surface area contributed by atoms with Crippen LogP contribution in [0.15, 0.2) is 45.8 Å². The van der Waals surface area contributed by atoms with E-state index < -0.39 is 0 Å². The van der Waals surface area contributed by atoms with Gasteiger partial charge in [-0.1, -0.05) is 23.9 Å². The summed E-state index contributed by atoms with van der Waals surface area (Å²) in [5.41, 5.74) is 1.66. The van der Waals surface area contributed by atoms with Crippen LogP contribution in [0.25, 0.3) is 0 Å². The highest BCUT2D eigenvalue weighted by Gasteiger charge is 2.14. The summed E-state index contributed by atoms with van der Waals surface area (Å²) in [5.74, 6) is 1.13. The van der Waals surface area contributed by atoms with Gasteiger partial charge in [-0.15, -0.1) is 11.3 Å². The molecule has 2 aromatic heterocycles. The molecule has 0 aliphatic heterocycles. The Bertz CT molecular complexity index is 987. The predicted octanol–water partition coefficient (Wildman–Crippen LogP) is 3.02. The van der Waals surface area contributed by atoms with Crippen molar-refractivity contribution in [2.24, 2.45) is 0 Å². The summed E-state index contributed by atoms with van der Waals surface area (Å²) < 4.78 is 5.21. The lowest BCUT2D eigenvalue weighted by Gasteiger charge is -2.08. The van der Waals surface area contributed by atoms with Gasteiger partial charge in [0.1, 0.15) is 5.75 Å². The third-order valence-corrected chi connectivity index (χ3v) is 5.36. The van der Waals surface area contributed by atoms with E-state index in [1.165, 1.54) is 23.1 Å². The van der Waals surface area contributed by atoms with E-state index in [-0.39, 0.29) is 17.9 Å². The van der Waals surface area contributed by atoms with E-state index in [1.807, 2.05) is 24.3 Å². The average Bonchev–Trinajstić information content (AvgIpc) is 3.16. The van der Waals surface area contributed by atoms with Crippen LogP contribution < -0.4 is 15.6 Å². The van der Waals surface area contributed by atoms with Crippen LogP contribution in [0, 0.1) is 6.92 Å². The first-order valence-corrected chi connectivity index (χ1v) is 9.96. The van der Waals surface area contributed by atoms with Gasteiger partial charge in [0.2, 0.25) is 5.91 Å². The number of nitrogens with one attached hydrogen (secondary N) is 2. The molecule has 3 aromatic rings. The van der Waals surface area contributed by atoms with E-state index in [9.17, 15) is 9.59 Å². The molecule has 7 nitrogen and oxygen atoms in total. The zero-order valence-electron chi connectivity index (χ0n) is 14.8. The number of rotatable bonds is 7. The Morgan fingerprint density at radius 2 is 2.26 bits per heavy atom. The van der Waals surface area contributed by atoms with E-state index >= 15 is 0 Å². The number of anilines is 1. The number of aromatic amines is 1. The normalized spacial score (nSPS) is 10.6. The molecule has 140 valence electrons. The van der Waals surface area contributed by atoms with Gasteiger partial charge >= 0.3 is 0 Å². The molecule has 0 fully saturated rings. The zero-order valence-corrected chi connectivity index (χ0v) is 16.4. The Labute approximate surface area is 164 Å². The zero-order chi connectivity index (χ0) is 19.2. The van der Waals surface area contributed by atoms with E-state index in [2.05, 4.69) is 20.3 Å². The monoisotopic (exact) mass is 402 g/mol. The Balaban J connectivity index is 1.67. The second-order valence-electron chi connectivity index (χ2n) is 5.64. The average molecular weight is 403 g/mol. The van der Waals surface area contributed by atoms with Crippen LogP contribution in [0.4, 0.5) is 5.13 Å². The number of carbonyl (C=O) groups excluding carboxylic acids is 1. The summed E-state index contributed by atoms with van der Waals surface area (Å²) in [6, 6.07) is 7.72. The molecule has 1 amide bonds. The molecule has 2 N–H and O–H groups in total. The lowest BCUT2D eigenvalue weighted by atomic mass is 10.1. The summed E-state index contributed by atoms with van der Waals surface area (Å²) in [6.45, 7) is 1.73. The molecular weight excluding hydrogens is 384 g/mol. The molecule has 0 spiro atoms. The minimum Gasteiger partial charge on any atom is -0.497 e. The lowest BCUT2D eigenvalue weighted by Crippen LogP contribution is -2.23. The molecule has 0 unspecified atom stereocenters. The molecule has 9 heteroatoms. The second kappa shape index (κ2) is 8.83. The van der Waals surface area contributed by atoms with Crippen molar-refractivity contribution < 1.29 is 9.53 Å². The van der Waals surface area contributed by atoms with Crippen molar-refractivity contribution in [1.29, 1.82) is 0 Å². The highest BCUT2D eigenvalue weighted by molar-refractivity contribution is 7.98. The van der Waals surface area contributed by atoms with Crippen molar-refractivity contribution >= 4 is 34.1 Å². The third kappa shape index (κ3) is 5.18. The molecule has 0 radical (unpaired) electrons. The second-order valence-corrected chi connectivity index (χ2v) is 7.50. The molecule has 2 heterocycles. The van der Waals surface area contributed by atoms with Gasteiger partial charge in [0.25, 0.3) is 5.56 Å². The van der Waals surface area contributed by atoms with Crippen molar-refractivity contribution in [3.63, 3.8) is 0 Å². The molecule has 0 saturated carbocycles. The first kappa shape index (κ1) is 19.1.